The first-order valence-electron chi connectivity index (χ1n) is 9.84. The average Bonchev–Trinajstić information content (AvgIpc) is 3.54. The fourth-order valence-electron chi connectivity index (χ4n) is 3.10. The number of benzene rings is 1. The molecule has 2 aliphatic rings. The van der Waals surface area contributed by atoms with Gasteiger partial charge in [-0.1, -0.05) is 56.4 Å². The molecule has 26 heavy (non-hydrogen) atoms. The predicted molar refractivity (Wildman–Crippen MR) is 109 cm³/mol. The van der Waals surface area contributed by atoms with E-state index >= 15 is 0 Å². The molecule has 1 aromatic carbocycles. The Morgan fingerprint density at radius 3 is 2.50 bits per heavy atom. The lowest BCUT2D eigenvalue weighted by Gasteiger charge is -2.27. The van der Waals surface area contributed by atoms with Crippen LogP contribution in [0.2, 0.25) is 0 Å². The first kappa shape index (κ1) is 19.0. The Hall–Kier alpha value is -1.80. The Morgan fingerprint density at radius 2 is 1.92 bits per heavy atom. The van der Waals surface area contributed by atoms with E-state index in [4.69, 9.17) is 9.47 Å². The van der Waals surface area contributed by atoms with E-state index in [9.17, 15) is 0 Å². The number of rotatable bonds is 10. The van der Waals surface area contributed by atoms with Gasteiger partial charge in [0.25, 0.3) is 0 Å². The van der Waals surface area contributed by atoms with Crippen LogP contribution >= 0.6 is 0 Å². The van der Waals surface area contributed by atoms with E-state index in [0.717, 1.165) is 37.7 Å². The fraction of sp³-hybridized carbons (Fsp3) is 0.500. The molecular weight excluding hydrogens is 320 g/mol. The molecule has 0 amide bonds. The summed E-state index contributed by atoms with van der Waals surface area (Å²) < 4.78 is 11.2. The highest BCUT2D eigenvalue weighted by Crippen LogP contribution is 2.34. The normalized spacial score (nSPS) is 20.8. The molecule has 1 unspecified atom stereocenters. The number of epoxide rings is 1. The molecule has 1 saturated heterocycles. The maximum absolute atomic E-state index is 5.86. The quantitative estimate of drug-likeness (QED) is 0.381. The zero-order valence-corrected chi connectivity index (χ0v) is 16.5. The van der Waals surface area contributed by atoms with Gasteiger partial charge in [0.1, 0.15) is 5.75 Å². The summed E-state index contributed by atoms with van der Waals surface area (Å²) in [7, 11) is 0. The third-order valence-corrected chi connectivity index (χ3v) is 5.51. The van der Waals surface area contributed by atoms with Crippen LogP contribution in [0.15, 0.2) is 60.2 Å². The molecule has 2 heteroatoms. The Bertz CT molecular complexity index is 671. The van der Waals surface area contributed by atoms with Gasteiger partial charge < -0.3 is 9.47 Å². The molecule has 1 atom stereocenters. The SMILES string of the molecule is C=C/C(=C\C=C(/C)CCC1CO1)C(C)(C)c1ccc(OCC2CC2)cc1. The van der Waals surface area contributed by atoms with Crippen LogP contribution in [-0.2, 0) is 10.2 Å². The Labute approximate surface area is 158 Å². The topological polar surface area (TPSA) is 21.8 Å². The third-order valence-electron chi connectivity index (χ3n) is 5.51. The zero-order valence-electron chi connectivity index (χ0n) is 16.5. The van der Waals surface area contributed by atoms with Gasteiger partial charge in [-0.05, 0) is 61.8 Å². The van der Waals surface area contributed by atoms with Crippen molar-refractivity contribution in [3.8, 4) is 5.75 Å². The van der Waals surface area contributed by atoms with Crippen LogP contribution in [0.25, 0.3) is 0 Å². The first-order chi connectivity index (χ1) is 12.5. The monoisotopic (exact) mass is 352 g/mol. The Kier molecular flexibility index (Phi) is 6.03. The Balaban J connectivity index is 1.65. The van der Waals surface area contributed by atoms with Gasteiger partial charge >= 0.3 is 0 Å². The summed E-state index contributed by atoms with van der Waals surface area (Å²) in [5.41, 5.74) is 3.80. The van der Waals surface area contributed by atoms with Crippen LogP contribution in [0.5, 0.6) is 5.75 Å². The standard InChI is InChI=1S/C24H32O2/c1-5-20(10-6-18(2)7-13-23-17-26-23)24(3,4)21-11-14-22(15-12-21)25-16-19-8-9-19/h5-6,10-12,14-15,19,23H,1,7-9,13,16-17H2,2-4H3/b18-6+,20-10+. The minimum Gasteiger partial charge on any atom is -0.493 e. The molecule has 1 heterocycles. The summed E-state index contributed by atoms with van der Waals surface area (Å²) in [4.78, 5) is 0. The maximum Gasteiger partial charge on any atom is 0.119 e. The molecule has 0 N–H and O–H groups in total. The van der Waals surface area contributed by atoms with Crippen molar-refractivity contribution in [3.63, 3.8) is 0 Å². The minimum absolute atomic E-state index is 0.0901. The van der Waals surface area contributed by atoms with Crippen molar-refractivity contribution < 1.29 is 9.47 Å². The predicted octanol–water partition coefficient (Wildman–Crippen LogP) is 5.99. The number of allylic oxidation sites excluding steroid dienone is 5. The van der Waals surface area contributed by atoms with Crippen molar-refractivity contribution in [2.75, 3.05) is 13.2 Å². The summed E-state index contributed by atoms with van der Waals surface area (Å²) >= 11 is 0. The van der Waals surface area contributed by atoms with Gasteiger partial charge in [-0.15, -0.1) is 0 Å². The molecule has 0 aromatic heterocycles. The molecule has 0 radical (unpaired) electrons. The second kappa shape index (κ2) is 8.26. The molecule has 1 aromatic rings. The smallest absolute Gasteiger partial charge is 0.119 e. The van der Waals surface area contributed by atoms with E-state index in [2.05, 4.69) is 63.8 Å². The van der Waals surface area contributed by atoms with Crippen molar-refractivity contribution in [3.05, 3.63) is 65.8 Å². The second-order valence-electron chi connectivity index (χ2n) is 8.24. The van der Waals surface area contributed by atoms with E-state index in [1.54, 1.807) is 0 Å². The van der Waals surface area contributed by atoms with Gasteiger partial charge in [-0.2, -0.15) is 0 Å². The largest absolute Gasteiger partial charge is 0.493 e. The summed E-state index contributed by atoms with van der Waals surface area (Å²) in [5, 5.41) is 0. The van der Waals surface area contributed by atoms with Gasteiger partial charge in [0, 0.05) is 5.41 Å². The van der Waals surface area contributed by atoms with E-state index in [1.165, 1.54) is 29.6 Å². The van der Waals surface area contributed by atoms with Crippen molar-refractivity contribution in [1.29, 1.82) is 0 Å². The molecule has 140 valence electrons. The van der Waals surface area contributed by atoms with Crippen LogP contribution in [0.1, 0.15) is 52.0 Å². The molecule has 0 bridgehead atoms. The average molecular weight is 353 g/mol. The lowest BCUT2D eigenvalue weighted by atomic mass is 9.77. The van der Waals surface area contributed by atoms with Crippen LogP contribution in [0.4, 0.5) is 0 Å². The van der Waals surface area contributed by atoms with Crippen LogP contribution in [0, 0.1) is 5.92 Å². The van der Waals surface area contributed by atoms with Gasteiger partial charge in [0.2, 0.25) is 0 Å². The van der Waals surface area contributed by atoms with Gasteiger partial charge in [-0.25, -0.2) is 0 Å². The Morgan fingerprint density at radius 1 is 1.23 bits per heavy atom. The van der Waals surface area contributed by atoms with Gasteiger partial charge in [0.05, 0.1) is 19.3 Å². The summed E-state index contributed by atoms with van der Waals surface area (Å²) in [6, 6.07) is 8.55. The molecule has 2 fully saturated rings. The van der Waals surface area contributed by atoms with Gasteiger partial charge in [-0.3, -0.25) is 0 Å². The minimum atomic E-state index is -0.0901. The second-order valence-corrected chi connectivity index (χ2v) is 8.24. The maximum atomic E-state index is 5.86. The lowest BCUT2D eigenvalue weighted by Crippen LogP contribution is -2.19. The summed E-state index contributed by atoms with van der Waals surface area (Å²) in [6.07, 6.45) is 11.8. The number of hydrogen-bond donors (Lipinski definition) is 0. The molecule has 2 nitrogen and oxygen atoms in total. The van der Waals surface area contributed by atoms with Gasteiger partial charge in [0.15, 0.2) is 0 Å². The van der Waals surface area contributed by atoms with Crippen LogP contribution in [-0.4, -0.2) is 19.3 Å². The molecule has 1 aliphatic carbocycles. The van der Waals surface area contributed by atoms with Crippen LogP contribution < -0.4 is 4.74 Å². The molecule has 3 rings (SSSR count). The van der Waals surface area contributed by atoms with Crippen LogP contribution in [0.3, 0.4) is 0 Å². The van der Waals surface area contributed by atoms with E-state index < -0.39 is 0 Å². The highest BCUT2D eigenvalue weighted by molar-refractivity contribution is 5.43. The summed E-state index contributed by atoms with van der Waals surface area (Å²) in [6.45, 7) is 12.5. The molecular formula is C24H32O2. The van der Waals surface area contributed by atoms with Crippen molar-refractivity contribution in [2.45, 2.75) is 58.0 Å². The number of ether oxygens (including phenoxy) is 2. The molecule has 1 saturated carbocycles. The number of hydrogen-bond acceptors (Lipinski definition) is 2. The van der Waals surface area contributed by atoms with Crippen molar-refractivity contribution in [1.82, 2.24) is 0 Å². The van der Waals surface area contributed by atoms with Crippen molar-refractivity contribution in [2.24, 2.45) is 5.92 Å². The molecule has 1 aliphatic heterocycles. The fourth-order valence-corrected chi connectivity index (χ4v) is 3.10. The van der Waals surface area contributed by atoms with E-state index in [1.807, 2.05) is 6.08 Å². The van der Waals surface area contributed by atoms with E-state index in [0.29, 0.717) is 6.10 Å². The third kappa shape index (κ3) is 5.35. The lowest BCUT2D eigenvalue weighted by molar-refractivity contribution is 0.299. The molecule has 0 spiro atoms. The summed E-state index contributed by atoms with van der Waals surface area (Å²) in [5.74, 6) is 1.75. The highest BCUT2D eigenvalue weighted by atomic mass is 16.6. The highest BCUT2D eigenvalue weighted by Gasteiger charge is 2.25. The zero-order chi connectivity index (χ0) is 18.6. The first-order valence-corrected chi connectivity index (χ1v) is 9.84. The van der Waals surface area contributed by atoms with E-state index in [-0.39, 0.29) is 5.41 Å². The van der Waals surface area contributed by atoms with Crippen molar-refractivity contribution >= 4 is 0 Å².